The molecule has 0 aliphatic rings. The molecule has 170 valence electrons. The van der Waals surface area contributed by atoms with Crippen LogP contribution in [0.1, 0.15) is 53.4 Å². The van der Waals surface area contributed by atoms with Crippen LogP contribution >= 0.6 is 0 Å². The molecule has 0 aromatic rings. The molecule has 13 heteroatoms. The molecule has 0 atom stereocenters. The number of ether oxygens (including phenoxy) is 4. The van der Waals surface area contributed by atoms with Crippen LogP contribution in [0.15, 0.2) is 0 Å². The van der Waals surface area contributed by atoms with Crippen molar-refractivity contribution < 1.29 is 87.7 Å². The minimum absolute atomic E-state index is 0. The summed E-state index contributed by atoms with van der Waals surface area (Å²) in [5, 5.41) is 37.7. The van der Waals surface area contributed by atoms with E-state index in [1.807, 2.05) is 27.7 Å². The van der Waals surface area contributed by atoms with Crippen LogP contribution in [-0.2, 0) is 18.9 Å². The maximum absolute atomic E-state index is 9.42. The predicted octanol–water partition coefficient (Wildman–Crippen LogP) is -0.975. The van der Waals surface area contributed by atoms with Crippen LogP contribution in [0.25, 0.3) is 0 Å². The standard InChI is InChI=1S/4C4H8O3.Pu/c4*1-2-3-7-4(5)6;/h4*2-3H2,1H3,(H,5,6);/q;;;;+4/p-4. The number of rotatable bonds is 8. The van der Waals surface area contributed by atoms with Crippen LogP contribution in [0.3, 0.4) is 0 Å². The number of hydrogen-bond donors (Lipinski definition) is 0. The fourth-order valence-corrected chi connectivity index (χ4v) is 0.742. The molecule has 0 spiro atoms. The third-order valence-corrected chi connectivity index (χ3v) is 1.70. The molecule has 0 saturated carbocycles. The maximum atomic E-state index is 9.42. The molecule has 0 unspecified atom stereocenters. The normalized spacial score (nSPS) is 7.86. The number of carboxylic acid groups (broad SMARTS) is 4. The van der Waals surface area contributed by atoms with Crippen molar-refractivity contribution in [2.45, 2.75) is 53.4 Å². The average Bonchev–Trinajstić information content (AvgIpc) is 2.62. The number of hydrogen-bond acceptors (Lipinski definition) is 12. The fourth-order valence-electron chi connectivity index (χ4n) is 0.742. The Hall–Kier alpha value is -1.93. The second-order valence-electron chi connectivity index (χ2n) is 4.39. The van der Waals surface area contributed by atoms with Gasteiger partial charge in [0.1, 0.15) is 0 Å². The van der Waals surface area contributed by atoms with Crippen molar-refractivity contribution in [3.05, 3.63) is 0 Å². The third-order valence-electron chi connectivity index (χ3n) is 1.70. The first-order chi connectivity index (χ1) is 13.1. The Morgan fingerprint density at radius 3 is 0.655 bits per heavy atom. The van der Waals surface area contributed by atoms with E-state index in [0.717, 1.165) is 0 Å². The van der Waals surface area contributed by atoms with Gasteiger partial charge in [-0.25, -0.2) is 0 Å². The van der Waals surface area contributed by atoms with Gasteiger partial charge in [-0.3, -0.25) is 0 Å². The molecule has 0 bridgehead atoms. The minimum atomic E-state index is -1.44. The Morgan fingerprint density at radius 2 is 0.621 bits per heavy atom. The van der Waals surface area contributed by atoms with Gasteiger partial charge in [0.25, 0.3) is 24.6 Å². The maximum Gasteiger partial charge on any atom is 4.00 e. The van der Waals surface area contributed by atoms with Crippen LogP contribution in [0.2, 0.25) is 0 Å². The summed E-state index contributed by atoms with van der Waals surface area (Å²) >= 11 is 0. The molecule has 0 aliphatic heterocycles. The molecule has 0 radical (unpaired) electrons. The summed E-state index contributed by atoms with van der Waals surface area (Å²) in [7, 11) is 0. The van der Waals surface area contributed by atoms with Gasteiger partial charge in [-0.05, 0) is 25.7 Å². The van der Waals surface area contributed by atoms with E-state index in [4.69, 9.17) is 0 Å². The van der Waals surface area contributed by atoms with Gasteiger partial charge < -0.3 is 58.6 Å². The summed E-state index contributed by atoms with van der Waals surface area (Å²) in [5.74, 6) is 0. The molecular weight excluding hydrogens is 628 g/mol. The first-order valence-electron chi connectivity index (χ1n) is 8.43. The van der Waals surface area contributed by atoms with Gasteiger partial charge in [-0.1, -0.05) is 27.7 Å². The van der Waals surface area contributed by atoms with E-state index >= 15 is 0 Å². The Bertz CT molecular complexity index is 318. The van der Waals surface area contributed by atoms with Crippen molar-refractivity contribution in [3.63, 3.8) is 0 Å². The summed E-state index contributed by atoms with van der Waals surface area (Å²) in [4.78, 5) is 37.7. The SMILES string of the molecule is CCCOC(=O)[O-].CCCOC(=O)[O-].CCCOC(=O)[O-].CCCOC(=O)[O-].[Pu+4]. The largest absolute Gasteiger partial charge is 4.00 e. The van der Waals surface area contributed by atoms with Gasteiger partial charge in [0.15, 0.2) is 0 Å². The topological polar surface area (TPSA) is 197 Å². The molecule has 0 aliphatic carbocycles. The second-order valence-corrected chi connectivity index (χ2v) is 4.39. The third kappa shape index (κ3) is 76.3. The smallest absolute Gasteiger partial charge is 0.550 e. The van der Waals surface area contributed by atoms with Crippen LogP contribution < -0.4 is 20.4 Å². The van der Waals surface area contributed by atoms with E-state index in [0.29, 0.717) is 25.7 Å². The summed E-state index contributed by atoms with van der Waals surface area (Å²) in [6, 6.07) is 0. The van der Waals surface area contributed by atoms with E-state index in [1.165, 1.54) is 0 Å². The fraction of sp³-hybridized carbons (Fsp3) is 0.750. The van der Waals surface area contributed by atoms with E-state index in [9.17, 15) is 39.6 Å². The van der Waals surface area contributed by atoms with Crippen molar-refractivity contribution in [1.82, 2.24) is 0 Å². The number of carbonyl (C=O) groups excluding carboxylic acids is 4. The Morgan fingerprint density at radius 1 is 0.483 bits per heavy atom. The minimum Gasteiger partial charge on any atom is -0.550 e. The molecule has 0 rings (SSSR count). The van der Waals surface area contributed by atoms with E-state index in [1.54, 1.807) is 0 Å². The molecular formula is C16H28O12Pu. The second kappa shape index (κ2) is 33.6. The zero-order valence-electron chi connectivity index (χ0n) is 17.0. The van der Waals surface area contributed by atoms with Crippen molar-refractivity contribution in [2.75, 3.05) is 26.4 Å². The van der Waals surface area contributed by atoms with Gasteiger partial charge in [0.05, 0.1) is 0 Å². The molecule has 12 nitrogen and oxygen atoms in total. The van der Waals surface area contributed by atoms with Crippen molar-refractivity contribution >= 4 is 24.6 Å². The first-order valence-corrected chi connectivity index (χ1v) is 8.43. The number of carbonyl (C=O) groups is 4. The first kappa shape index (κ1) is 37.8. The zero-order chi connectivity index (χ0) is 22.8. The van der Waals surface area contributed by atoms with Crippen LogP contribution in [0, 0.1) is 29.2 Å². The van der Waals surface area contributed by atoms with Gasteiger partial charge in [-0.2, -0.15) is 0 Å². The quantitative estimate of drug-likeness (QED) is 0.229. The molecule has 0 saturated heterocycles. The van der Waals surface area contributed by atoms with E-state index < -0.39 is 24.6 Å². The van der Waals surface area contributed by atoms with E-state index in [-0.39, 0.29) is 55.6 Å². The zero-order valence-corrected chi connectivity index (χ0v) is 20.4. The van der Waals surface area contributed by atoms with Gasteiger partial charge >= 0.3 is 29.2 Å². The summed E-state index contributed by atoms with van der Waals surface area (Å²) < 4.78 is 16.0. The van der Waals surface area contributed by atoms with Crippen LogP contribution in [0.5, 0.6) is 0 Å². The monoisotopic (exact) mass is 650 g/mol. The van der Waals surface area contributed by atoms with Crippen molar-refractivity contribution in [3.8, 4) is 0 Å². The molecule has 29 heavy (non-hydrogen) atoms. The van der Waals surface area contributed by atoms with Gasteiger partial charge in [0, 0.05) is 26.4 Å². The average molecular weight is 656 g/mol. The van der Waals surface area contributed by atoms with Gasteiger partial charge in [-0.15, -0.1) is 0 Å². The Labute approximate surface area is 192 Å². The van der Waals surface area contributed by atoms with Gasteiger partial charge in [0.2, 0.25) is 0 Å². The van der Waals surface area contributed by atoms with Crippen molar-refractivity contribution in [2.24, 2.45) is 0 Å². The molecule has 0 aromatic carbocycles. The molecule has 0 N–H and O–H groups in total. The van der Waals surface area contributed by atoms with E-state index in [2.05, 4.69) is 18.9 Å². The summed E-state index contributed by atoms with van der Waals surface area (Å²) in [6.45, 7) is 8.24. The molecule has 0 fully saturated rings. The Balaban J connectivity index is -0.0000000873. The molecule has 0 aromatic heterocycles. The molecule has 0 heterocycles. The molecule has 0 amide bonds. The van der Waals surface area contributed by atoms with Crippen LogP contribution in [0.4, 0.5) is 19.2 Å². The van der Waals surface area contributed by atoms with Crippen molar-refractivity contribution in [1.29, 1.82) is 0 Å². The summed E-state index contributed by atoms with van der Waals surface area (Å²) in [6.07, 6.45) is -2.96. The summed E-state index contributed by atoms with van der Waals surface area (Å²) in [5.41, 5.74) is 0. The van der Waals surface area contributed by atoms with Crippen LogP contribution in [-0.4, -0.2) is 51.0 Å². The predicted molar refractivity (Wildman–Crippen MR) is 86.6 cm³/mol. The Kier molecular flexibility index (Phi) is 43.8.